The molecule has 0 saturated carbocycles. The van der Waals surface area contributed by atoms with E-state index in [1.165, 1.54) is 23.9 Å². The van der Waals surface area contributed by atoms with Crippen molar-refractivity contribution in [1.29, 1.82) is 0 Å². The lowest BCUT2D eigenvalue weighted by Gasteiger charge is -2.08. The van der Waals surface area contributed by atoms with Gasteiger partial charge in [-0.15, -0.1) is 0 Å². The zero-order valence-electron chi connectivity index (χ0n) is 11.4. The molecule has 0 aliphatic rings. The number of aliphatic hydroxyl groups is 1. The smallest absolute Gasteiger partial charge is 0.331 e. The summed E-state index contributed by atoms with van der Waals surface area (Å²) in [5.41, 5.74) is -0.906. The molecule has 8 heteroatoms. The highest BCUT2D eigenvalue weighted by molar-refractivity contribution is 7.99. The van der Waals surface area contributed by atoms with Crippen LogP contribution in [0.2, 0.25) is 0 Å². The Morgan fingerprint density at radius 1 is 1.40 bits per heavy atom. The van der Waals surface area contributed by atoms with E-state index in [1.807, 2.05) is 0 Å². The van der Waals surface area contributed by atoms with Crippen molar-refractivity contribution in [1.82, 2.24) is 14.5 Å². The summed E-state index contributed by atoms with van der Waals surface area (Å²) in [7, 11) is 1.37. The third-order valence-corrected chi connectivity index (χ3v) is 3.66. The quantitative estimate of drug-likeness (QED) is 0.587. The topological polar surface area (TPSA) is 93.3 Å². The van der Waals surface area contributed by atoms with Gasteiger partial charge < -0.3 is 10.4 Å². The third kappa shape index (κ3) is 5.22. The second-order valence-corrected chi connectivity index (χ2v) is 5.39. The number of thioether (sulfide) groups is 1. The van der Waals surface area contributed by atoms with E-state index < -0.39 is 11.2 Å². The molecule has 0 bridgehead atoms. The molecule has 0 fully saturated rings. The van der Waals surface area contributed by atoms with E-state index in [2.05, 4.69) is 5.32 Å². The van der Waals surface area contributed by atoms with E-state index in [9.17, 15) is 14.4 Å². The van der Waals surface area contributed by atoms with Crippen LogP contribution in [0, 0.1) is 0 Å². The number of nitrogens with one attached hydrogen (secondary N) is 1. The largest absolute Gasteiger partial charge is 0.396 e. The van der Waals surface area contributed by atoms with Crippen LogP contribution in [0.3, 0.4) is 0 Å². The Balaban J connectivity index is 2.38. The Bertz CT molecular complexity index is 552. The lowest BCUT2D eigenvalue weighted by Crippen LogP contribution is -2.40. The Morgan fingerprint density at radius 3 is 2.85 bits per heavy atom. The highest BCUT2D eigenvalue weighted by atomic mass is 32.2. The van der Waals surface area contributed by atoms with E-state index in [-0.39, 0.29) is 19.1 Å². The number of hydrogen-bond acceptors (Lipinski definition) is 5. The van der Waals surface area contributed by atoms with Gasteiger partial charge in [0.05, 0.1) is 0 Å². The first kappa shape index (κ1) is 16.5. The van der Waals surface area contributed by atoms with Crippen molar-refractivity contribution in [2.24, 2.45) is 7.05 Å². The molecular formula is C12H19N3O4S. The van der Waals surface area contributed by atoms with Crippen LogP contribution in [0.4, 0.5) is 0 Å². The molecule has 0 aliphatic heterocycles. The van der Waals surface area contributed by atoms with E-state index in [4.69, 9.17) is 5.11 Å². The van der Waals surface area contributed by atoms with Crippen molar-refractivity contribution in [2.75, 3.05) is 24.7 Å². The molecule has 1 amide bonds. The zero-order chi connectivity index (χ0) is 15.0. The second kappa shape index (κ2) is 8.60. The molecule has 1 aromatic heterocycles. The Labute approximate surface area is 120 Å². The molecule has 0 saturated heterocycles. The first-order valence-electron chi connectivity index (χ1n) is 6.28. The fraction of sp³-hybridized carbons (Fsp3) is 0.583. The molecule has 20 heavy (non-hydrogen) atoms. The van der Waals surface area contributed by atoms with Crippen molar-refractivity contribution in [3.8, 4) is 0 Å². The van der Waals surface area contributed by atoms with Crippen molar-refractivity contribution in [2.45, 2.75) is 13.0 Å². The standard InChI is InChI=1S/C12H19N3O4S/c1-14-11(18)3-5-15(12(14)19)9-10(17)13-4-8-20-7-2-6-16/h3,5,16H,2,4,6-9H2,1H3,(H,13,17). The van der Waals surface area contributed by atoms with Crippen LogP contribution >= 0.6 is 11.8 Å². The van der Waals surface area contributed by atoms with E-state index in [0.717, 1.165) is 22.5 Å². The number of aromatic nitrogens is 2. The minimum absolute atomic E-state index is 0.103. The van der Waals surface area contributed by atoms with Crippen molar-refractivity contribution < 1.29 is 9.90 Å². The Morgan fingerprint density at radius 2 is 2.15 bits per heavy atom. The summed E-state index contributed by atoms with van der Waals surface area (Å²) < 4.78 is 2.15. The zero-order valence-corrected chi connectivity index (χ0v) is 12.2. The highest BCUT2D eigenvalue weighted by Crippen LogP contribution is 1.99. The maximum atomic E-state index is 11.7. The summed E-state index contributed by atoms with van der Waals surface area (Å²) in [5.74, 6) is 1.34. The molecule has 7 nitrogen and oxygen atoms in total. The molecule has 0 aliphatic carbocycles. The van der Waals surface area contributed by atoms with Crippen LogP contribution < -0.4 is 16.6 Å². The van der Waals surface area contributed by atoms with Crippen molar-refractivity contribution >= 4 is 17.7 Å². The molecule has 0 aromatic carbocycles. The maximum Gasteiger partial charge on any atom is 0.331 e. The minimum Gasteiger partial charge on any atom is -0.396 e. The van der Waals surface area contributed by atoms with Gasteiger partial charge in [-0.3, -0.25) is 18.7 Å². The summed E-state index contributed by atoms with van der Waals surface area (Å²) in [6, 6.07) is 1.25. The van der Waals surface area contributed by atoms with Gasteiger partial charge in [0, 0.05) is 38.2 Å². The lowest BCUT2D eigenvalue weighted by molar-refractivity contribution is -0.121. The number of carbonyl (C=O) groups excluding carboxylic acids is 1. The van der Waals surface area contributed by atoms with Gasteiger partial charge in [-0.1, -0.05) is 0 Å². The van der Waals surface area contributed by atoms with Gasteiger partial charge in [0.15, 0.2) is 0 Å². The predicted molar refractivity (Wildman–Crippen MR) is 78.0 cm³/mol. The molecule has 0 unspecified atom stereocenters. The average molecular weight is 301 g/mol. The molecule has 112 valence electrons. The van der Waals surface area contributed by atoms with Crippen molar-refractivity contribution in [3.05, 3.63) is 33.1 Å². The number of carbonyl (C=O) groups is 1. The number of nitrogens with zero attached hydrogens (tertiary/aromatic N) is 2. The first-order chi connectivity index (χ1) is 9.56. The maximum absolute atomic E-state index is 11.7. The number of amides is 1. The fourth-order valence-electron chi connectivity index (χ4n) is 1.48. The molecule has 1 aromatic rings. The van der Waals surface area contributed by atoms with Gasteiger partial charge in [0.1, 0.15) is 6.54 Å². The van der Waals surface area contributed by atoms with Gasteiger partial charge in [0.2, 0.25) is 5.91 Å². The molecule has 1 rings (SSSR count). The number of hydrogen-bond donors (Lipinski definition) is 2. The van der Waals surface area contributed by atoms with Crippen LogP contribution in [-0.2, 0) is 18.4 Å². The monoisotopic (exact) mass is 301 g/mol. The first-order valence-corrected chi connectivity index (χ1v) is 7.43. The van der Waals surface area contributed by atoms with Crippen molar-refractivity contribution in [3.63, 3.8) is 0 Å². The summed E-state index contributed by atoms with van der Waals surface area (Å²) in [6.07, 6.45) is 2.06. The van der Waals surface area contributed by atoms with E-state index in [0.29, 0.717) is 6.54 Å². The summed E-state index contributed by atoms with van der Waals surface area (Å²) in [4.78, 5) is 34.5. The summed E-state index contributed by atoms with van der Waals surface area (Å²) in [5, 5.41) is 11.3. The third-order valence-electron chi connectivity index (χ3n) is 2.59. The van der Waals surface area contributed by atoms with Gasteiger partial charge in [-0.2, -0.15) is 11.8 Å². The summed E-state index contributed by atoms with van der Waals surface area (Å²) in [6.45, 7) is 0.582. The fourth-order valence-corrected chi connectivity index (χ4v) is 2.26. The van der Waals surface area contributed by atoms with Crippen LogP contribution in [0.1, 0.15) is 6.42 Å². The van der Waals surface area contributed by atoms with Gasteiger partial charge in [0.25, 0.3) is 5.56 Å². The Hall–Kier alpha value is -1.54. The van der Waals surface area contributed by atoms with Gasteiger partial charge in [-0.05, 0) is 12.2 Å². The van der Waals surface area contributed by atoms with Crippen LogP contribution in [0.5, 0.6) is 0 Å². The summed E-state index contributed by atoms with van der Waals surface area (Å²) >= 11 is 1.64. The van der Waals surface area contributed by atoms with Crippen LogP contribution in [0.15, 0.2) is 21.9 Å². The molecule has 0 radical (unpaired) electrons. The SMILES string of the molecule is Cn1c(=O)ccn(CC(=O)NCCSCCCO)c1=O. The molecule has 0 spiro atoms. The van der Waals surface area contributed by atoms with Crippen LogP contribution in [0.25, 0.3) is 0 Å². The average Bonchev–Trinajstić information content (AvgIpc) is 2.43. The predicted octanol–water partition coefficient (Wildman–Crippen LogP) is -1.22. The Kier molecular flexibility index (Phi) is 7.10. The molecule has 0 atom stereocenters. The number of rotatable bonds is 8. The molecule has 1 heterocycles. The lowest BCUT2D eigenvalue weighted by atomic mass is 10.5. The number of aliphatic hydroxyl groups excluding tert-OH is 1. The van der Waals surface area contributed by atoms with Gasteiger partial charge >= 0.3 is 5.69 Å². The minimum atomic E-state index is -0.509. The normalized spacial score (nSPS) is 10.5. The second-order valence-electron chi connectivity index (χ2n) is 4.16. The van der Waals surface area contributed by atoms with E-state index in [1.54, 1.807) is 11.8 Å². The molecule has 2 N–H and O–H groups in total. The highest BCUT2D eigenvalue weighted by Gasteiger charge is 2.06. The van der Waals surface area contributed by atoms with Gasteiger partial charge in [-0.25, -0.2) is 4.79 Å². The van der Waals surface area contributed by atoms with Crippen LogP contribution in [-0.4, -0.2) is 44.8 Å². The van der Waals surface area contributed by atoms with E-state index >= 15 is 0 Å². The molecular weight excluding hydrogens is 282 g/mol.